The zero-order valence-electron chi connectivity index (χ0n) is 8.48. The molecule has 3 saturated heterocycles. The topological polar surface area (TPSA) is 60.9 Å². The lowest BCUT2D eigenvalue weighted by atomic mass is 10.0. The summed E-state index contributed by atoms with van der Waals surface area (Å²) in [6, 6.07) is -0.295. The Bertz CT molecular complexity index is 344. The lowest BCUT2D eigenvalue weighted by Gasteiger charge is -2.43. The highest BCUT2D eigenvalue weighted by atomic mass is 16.3. The van der Waals surface area contributed by atoms with Crippen LogP contribution in [-0.4, -0.2) is 51.6 Å². The number of hydrogen-bond acceptors (Lipinski definition) is 3. The Morgan fingerprint density at radius 2 is 2.07 bits per heavy atom. The van der Waals surface area contributed by atoms with Gasteiger partial charge in [-0.2, -0.15) is 0 Å². The Morgan fingerprint density at radius 1 is 1.27 bits per heavy atom. The van der Waals surface area contributed by atoms with Gasteiger partial charge in [-0.15, -0.1) is 0 Å². The summed E-state index contributed by atoms with van der Waals surface area (Å²) in [5.41, 5.74) is -1.52. The number of rotatable bonds is 0. The van der Waals surface area contributed by atoms with Crippen molar-refractivity contribution in [2.75, 3.05) is 13.1 Å². The molecule has 0 bridgehead atoms. The summed E-state index contributed by atoms with van der Waals surface area (Å²) >= 11 is 0. The van der Waals surface area contributed by atoms with Gasteiger partial charge in [0.2, 0.25) is 11.6 Å². The third kappa shape index (κ3) is 0.963. The van der Waals surface area contributed by atoms with Crippen LogP contribution in [0, 0.1) is 0 Å². The molecule has 0 aliphatic carbocycles. The van der Waals surface area contributed by atoms with Crippen LogP contribution in [0.3, 0.4) is 0 Å². The van der Waals surface area contributed by atoms with Gasteiger partial charge in [0.1, 0.15) is 6.04 Å². The normalized spacial score (nSPS) is 39.7. The van der Waals surface area contributed by atoms with E-state index >= 15 is 0 Å². The van der Waals surface area contributed by atoms with Crippen molar-refractivity contribution in [3.05, 3.63) is 0 Å². The fraction of sp³-hybridized carbons (Fsp3) is 0.800. The van der Waals surface area contributed by atoms with E-state index in [-0.39, 0.29) is 17.9 Å². The molecule has 3 aliphatic heterocycles. The Labute approximate surface area is 87.6 Å². The number of hydrogen-bond donors (Lipinski definition) is 1. The van der Waals surface area contributed by atoms with Crippen LogP contribution >= 0.6 is 0 Å². The molecule has 5 heteroatoms. The van der Waals surface area contributed by atoms with Gasteiger partial charge in [0, 0.05) is 19.5 Å². The van der Waals surface area contributed by atoms with Crippen molar-refractivity contribution in [3.8, 4) is 0 Å². The van der Waals surface area contributed by atoms with E-state index in [0.717, 1.165) is 12.8 Å². The zero-order chi connectivity index (χ0) is 10.6. The summed E-state index contributed by atoms with van der Waals surface area (Å²) in [5, 5.41) is 10.2. The number of carbonyl (C=O) groups excluding carboxylic acids is 2. The van der Waals surface area contributed by atoms with E-state index in [4.69, 9.17) is 0 Å². The molecule has 0 radical (unpaired) electrons. The molecule has 82 valence electrons. The number of fused-ring (bicyclic) bond motifs is 2. The molecule has 2 atom stereocenters. The molecule has 0 saturated carbocycles. The highest BCUT2D eigenvalue weighted by molar-refractivity contribution is 5.99. The largest absolute Gasteiger partial charge is 0.363 e. The van der Waals surface area contributed by atoms with E-state index in [1.807, 2.05) is 0 Å². The first-order valence-corrected chi connectivity index (χ1v) is 5.49. The Morgan fingerprint density at radius 3 is 2.87 bits per heavy atom. The quantitative estimate of drug-likeness (QED) is 0.575. The molecule has 2 unspecified atom stereocenters. The zero-order valence-corrected chi connectivity index (χ0v) is 8.48. The monoisotopic (exact) mass is 210 g/mol. The number of carbonyl (C=O) groups is 2. The minimum Gasteiger partial charge on any atom is -0.363 e. The maximum absolute atomic E-state index is 12.0. The fourth-order valence-corrected chi connectivity index (χ4v) is 2.99. The summed E-state index contributed by atoms with van der Waals surface area (Å²) in [4.78, 5) is 27.0. The highest BCUT2D eigenvalue weighted by Gasteiger charge is 2.58. The predicted molar refractivity (Wildman–Crippen MR) is 50.6 cm³/mol. The number of amides is 2. The first kappa shape index (κ1) is 9.15. The summed E-state index contributed by atoms with van der Waals surface area (Å²) in [5.74, 6) is -0.325. The van der Waals surface area contributed by atoms with Gasteiger partial charge in [0.05, 0.1) is 0 Å². The van der Waals surface area contributed by atoms with Gasteiger partial charge >= 0.3 is 0 Å². The third-order valence-corrected chi connectivity index (χ3v) is 3.76. The summed E-state index contributed by atoms with van der Waals surface area (Å²) < 4.78 is 0. The van der Waals surface area contributed by atoms with Crippen LogP contribution < -0.4 is 0 Å². The number of piperazine rings is 1. The van der Waals surface area contributed by atoms with Crippen LogP contribution in [0.5, 0.6) is 0 Å². The summed E-state index contributed by atoms with van der Waals surface area (Å²) in [6.07, 6.45) is 2.72. The minimum absolute atomic E-state index is 0.0629. The van der Waals surface area contributed by atoms with Crippen LogP contribution in [0.25, 0.3) is 0 Å². The van der Waals surface area contributed by atoms with Crippen LogP contribution in [0.1, 0.15) is 25.7 Å². The average molecular weight is 210 g/mol. The van der Waals surface area contributed by atoms with E-state index in [2.05, 4.69) is 0 Å². The molecule has 0 aromatic rings. The molecule has 3 aliphatic rings. The van der Waals surface area contributed by atoms with Crippen molar-refractivity contribution in [3.63, 3.8) is 0 Å². The van der Waals surface area contributed by atoms with Gasteiger partial charge in [0.15, 0.2) is 0 Å². The van der Waals surface area contributed by atoms with E-state index in [1.54, 1.807) is 4.90 Å². The van der Waals surface area contributed by atoms with Crippen molar-refractivity contribution in [1.82, 2.24) is 9.80 Å². The summed E-state index contributed by atoms with van der Waals surface area (Å²) in [7, 11) is 0. The second-order valence-electron chi connectivity index (χ2n) is 4.57. The first-order chi connectivity index (χ1) is 7.14. The van der Waals surface area contributed by atoms with Crippen LogP contribution in [-0.2, 0) is 9.59 Å². The predicted octanol–water partition coefficient (Wildman–Crippen LogP) is -0.698. The molecule has 2 amide bonds. The van der Waals surface area contributed by atoms with Gasteiger partial charge in [-0.25, -0.2) is 0 Å². The van der Waals surface area contributed by atoms with Gasteiger partial charge in [0.25, 0.3) is 5.91 Å². The minimum atomic E-state index is -1.52. The van der Waals surface area contributed by atoms with Crippen LogP contribution in [0.15, 0.2) is 0 Å². The van der Waals surface area contributed by atoms with Gasteiger partial charge in [-0.3, -0.25) is 9.59 Å². The van der Waals surface area contributed by atoms with Crippen LogP contribution in [0.4, 0.5) is 0 Å². The maximum atomic E-state index is 12.0. The molecule has 3 fully saturated rings. The Kier molecular flexibility index (Phi) is 1.66. The van der Waals surface area contributed by atoms with Gasteiger partial charge in [-0.1, -0.05) is 0 Å². The van der Waals surface area contributed by atoms with E-state index < -0.39 is 5.72 Å². The highest BCUT2D eigenvalue weighted by Crippen LogP contribution is 2.37. The third-order valence-electron chi connectivity index (χ3n) is 3.76. The molecule has 15 heavy (non-hydrogen) atoms. The number of aliphatic hydroxyl groups is 1. The van der Waals surface area contributed by atoms with E-state index in [1.165, 1.54) is 4.90 Å². The summed E-state index contributed by atoms with van der Waals surface area (Å²) in [6.45, 7) is 1.14. The second kappa shape index (κ2) is 2.72. The van der Waals surface area contributed by atoms with Gasteiger partial charge < -0.3 is 14.9 Å². The van der Waals surface area contributed by atoms with Gasteiger partial charge in [-0.05, 0) is 19.3 Å². The number of nitrogens with zero attached hydrogens (tertiary/aromatic N) is 2. The lowest BCUT2D eigenvalue weighted by Crippen LogP contribution is -2.67. The molecule has 3 heterocycles. The molecule has 0 aromatic carbocycles. The van der Waals surface area contributed by atoms with E-state index in [0.29, 0.717) is 25.9 Å². The van der Waals surface area contributed by atoms with Crippen molar-refractivity contribution < 1.29 is 14.7 Å². The maximum Gasteiger partial charge on any atom is 0.276 e. The molecule has 0 spiro atoms. The van der Waals surface area contributed by atoms with Crippen molar-refractivity contribution in [2.45, 2.75) is 37.5 Å². The molecule has 3 rings (SSSR count). The second-order valence-corrected chi connectivity index (χ2v) is 4.57. The molecule has 0 aromatic heterocycles. The first-order valence-electron chi connectivity index (χ1n) is 5.49. The standard InChI is InChI=1S/C10H14N2O3/c13-8-7-3-1-5-11(7)9(14)10(15)4-2-6-12(8)10/h7,15H,1-6H2. The smallest absolute Gasteiger partial charge is 0.276 e. The van der Waals surface area contributed by atoms with Crippen molar-refractivity contribution >= 4 is 11.8 Å². The molecular formula is C10H14N2O3. The fourth-order valence-electron chi connectivity index (χ4n) is 2.99. The SMILES string of the molecule is O=C1C2CCCN2C(=O)C2(O)CCCN12. The Hall–Kier alpha value is -1.10. The van der Waals surface area contributed by atoms with Crippen molar-refractivity contribution in [1.29, 1.82) is 0 Å². The molecule has 1 N–H and O–H groups in total. The van der Waals surface area contributed by atoms with Crippen molar-refractivity contribution in [2.24, 2.45) is 0 Å². The average Bonchev–Trinajstić information content (AvgIpc) is 2.81. The Balaban J connectivity index is 2.03. The molecule has 5 nitrogen and oxygen atoms in total. The van der Waals surface area contributed by atoms with E-state index in [9.17, 15) is 14.7 Å². The molecular weight excluding hydrogens is 196 g/mol. The lowest BCUT2D eigenvalue weighted by molar-refractivity contribution is -0.190. The van der Waals surface area contributed by atoms with Crippen LogP contribution in [0.2, 0.25) is 0 Å².